The van der Waals surface area contributed by atoms with Crippen molar-refractivity contribution in [2.24, 2.45) is 0 Å². The van der Waals surface area contributed by atoms with Crippen LogP contribution in [0, 0.1) is 11.3 Å². The fourth-order valence-corrected chi connectivity index (χ4v) is 5.30. The number of methoxy groups -OCH3 is 4. The maximum Gasteiger partial charge on any atom is 0.254 e. The third-order valence-electron chi connectivity index (χ3n) is 6.40. The number of amides is 2. The number of hydrogen-bond acceptors (Lipinski definition) is 10. The Labute approximate surface area is 247 Å². The van der Waals surface area contributed by atoms with Crippen molar-refractivity contribution in [2.75, 3.05) is 44.8 Å². The number of allylic oxidation sites excluding steroid dienone is 2. The Bertz CT molecular complexity index is 1570. The SMILES string of the molecule is COc1ccc(OC)c(NC(=O)CSC2=C(C#N)C(c3ccco3)C(C(=O)Nc3cc(OC)ccc3OC)=C(C)N2)c1. The number of anilines is 2. The van der Waals surface area contributed by atoms with E-state index >= 15 is 0 Å². The molecule has 218 valence electrons. The highest BCUT2D eigenvalue weighted by Crippen LogP contribution is 2.42. The van der Waals surface area contributed by atoms with Gasteiger partial charge >= 0.3 is 0 Å². The summed E-state index contributed by atoms with van der Waals surface area (Å²) >= 11 is 1.13. The van der Waals surface area contributed by atoms with E-state index in [0.717, 1.165) is 11.8 Å². The first-order valence-corrected chi connectivity index (χ1v) is 13.7. The summed E-state index contributed by atoms with van der Waals surface area (Å²) in [6.45, 7) is 1.73. The summed E-state index contributed by atoms with van der Waals surface area (Å²) in [7, 11) is 6.05. The predicted molar refractivity (Wildman–Crippen MR) is 159 cm³/mol. The minimum Gasteiger partial charge on any atom is -0.497 e. The van der Waals surface area contributed by atoms with Crippen molar-refractivity contribution in [3.05, 3.63) is 82.4 Å². The number of ether oxygens (including phenoxy) is 4. The van der Waals surface area contributed by atoms with Crippen LogP contribution in [-0.2, 0) is 9.59 Å². The molecule has 3 aromatic rings. The monoisotopic (exact) mass is 590 g/mol. The maximum atomic E-state index is 13.7. The highest BCUT2D eigenvalue weighted by Gasteiger charge is 2.37. The molecule has 0 radical (unpaired) electrons. The number of hydrogen-bond donors (Lipinski definition) is 3. The number of nitriles is 1. The van der Waals surface area contributed by atoms with Gasteiger partial charge in [0, 0.05) is 17.8 Å². The molecule has 0 saturated carbocycles. The second-order valence-electron chi connectivity index (χ2n) is 8.89. The van der Waals surface area contributed by atoms with Gasteiger partial charge in [0.2, 0.25) is 5.91 Å². The van der Waals surface area contributed by atoms with E-state index in [2.05, 4.69) is 22.0 Å². The number of furan rings is 1. The maximum absolute atomic E-state index is 13.7. The lowest BCUT2D eigenvalue weighted by atomic mass is 9.85. The van der Waals surface area contributed by atoms with Gasteiger partial charge in [-0.25, -0.2) is 0 Å². The van der Waals surface area contributed by atoms with E-state index < -0.39 is 11.8 Å². The molecule has 0 fully saturated rings. The average Bonchev–Trinajstić information content (AvgIpc) is 3.54. The van der Waals surface area contributed by atoms with Crippen LogP contribution in [-0.4, -0.2) is 46.0 Å². The summed E-state index contributed by atoms with van der Waals surface area (Å²) in [5, 5.41) is 19.5. The molecule has 3 N–H and O–H groups in total. The molecule has 2 aromatic carbocycles. The van der Waals surface area contributed by atoms with Crippen molar-refractivity contribution < 1.29 is 33.0 Å². The first-order valence-electron chi connectivity index (χ1n) is 12.7. The number of carbonyl (C=O) groups is 2. The molecule has 1 aliphatic heterocycles. The Hall–Kier alpha value is -5.02. The Morgan fingerprint density at radius 3 is 2.10 bits per heavy atom. The standard InChI is InChI=1S/C30H30N4O7S/c1-17-27(29(36)34-22-14-19(38-3)9-11-24(22)40-5)28(25-7-6-12-41-25)20(15-31)30(32-17)42-16-26(35)33-21-13-18(37-2)8-10-23(21)39-4/h6-14,28,32H,16H2,1-5H3,(H,33,35)(H,34,36). The molecular formula is C30H30N4O7S. The lowest BCUT2D eigenvalue weighted by Crippen LogP contribution is -2.31. The second kappa shape index (κ2) is 13.6. The number of nitrogens with zero attached hydrogens (tertiary/aromatic N) is 1. The van der Waals surface area contributed by atoms with Crippen LogP contribution in [0.3, 0.4) is 0 Å². The van der Waals surface area contributed by atoms with Crippen LogP contribution < -0.4 is 34.9 Å². The summed E-state index contributed by atoms with van der Waals surface area (Å²) in [4.78, 5) is 26.6. The molecule has 0 spiro atoms. The summed E-state index contributed by atoms with van der Waals surface area (Å²) in [5.74, 6) is 0.743. The van der Waals surface area contributed by atoms with Crippen LogP contribution in [0.25, 0.3) is 0 Å². The van der Waals surface area contributed by atoms with E-state index in [4.69, 9.17) is 23.4 Å². The fraction of sp³-hybridized carbons (Fsp3) is 0.233. The summed E-state index contributed by atoms with van der Waals surface area (Å²) < 4.78 is 27.0. The molecule has 2 heterocycles. The van der Waals surface area contributed by atoms with Gasteiger partial charge in [0.25, 0.3) is 5.91 Å². The van der Waals surface area contributed by atoms with Crippen LogP contribution >= 0.6 is 11.8 Å². The Morgan fingerprint density at radius 1 is 0.952 bits per heavy atom. The molecule has 42 heavy (non-hydrogen) atoms. The Balaban J connectivity index is 1.60. The average molecular weight is 591 g/mol. The number of benzene rings is 2. The molecule has 0 bridgehead atoms. The molecule has 1 atom stereocenters. The molecule has 0 aliphatic carbocycles. The number of thioether (sulfide) groups is 1. The Kier molecular flexibility index (Phi) is 9.67. The third-order valence-corrected chi connectivity index (χ3v) is 7.42. The van der Waals surface area contributed by atoms with Gasteiger partial charge in [-0.1, -0.05) is 11.8 Å². The molecule has 12 heteroatoms. The van der Waals surface area contributed by atoms with Crippen LogP contribution in [0.4, 0.5) is 11.4 Å². The number of dihydropyridines is 1. The topological polar surface area (TPSA) is 144 Å². The Morgan fingerprint density at radius 2 is 1.57 bits per heavy atom. The van der Waals surface area contributed by atoms with E-state index in [1.165, 1.54) is 34.7 Å². The number of rotatable bonds is 11. The molecule has 1 unspecified atom stereocenters. The van der Waals surface area contributed by atoms with Gasteiger partial charge in [-0.2, -0.15) is 5.26 Å². The molecule has 4 rings (SSSR count). The lowest BCUT2D eigenvalue weighted by Gasteiger charge is -2.28. The third kappa shape index (κ3) is 6.47. The van der Waals surface area contributed by atoms with Crippen LogP contribution in [0.5, 0.6) is 23.0 Å². The van der Waals surface area contributed by atoms with Gasteiger partial charge in [-0.3, -0.25) is 9.59 Å². The first kappa shape index (κ1) is 30.0. The molecule has 1 aliphatic rings. The van der Waals surface area contributed by atoms with E-state index in [0.29, 0.717) is 50.9 Å². The van der Waals surface area contributed by atoms with Gasteiger partial charge in [0.15, 0.2) is 0 Å². The van der Waals surface area contributed by atoms with Gasteiger partial charge in [0.1, 0.15) is 28.8 Å². The van der Waals surface area contributed by atoms with E-state index in [9.17, 15) is 14.9 Å². The van der Waals surface area contributed by atoms with Crippen molar-refractivity contribution in [3.63, 3.8) is 0 Å². The van der Waals surface area contributed by atoms with Crippen LogP contribution in [0.15, 0.2) is 81.1 Å². The van der Waals surface area contributed by atoms with Crippen molar-refractivity contribution >= 4 is 35.0 Å². The van der Waals surface area contributed by atoms with Gasteiger partial charge in [0.05, 0.1) is 80.0 Å². The fourth-order valence-electron chi connectivity index (χ4n) is 4.40. The minimum atomic E-state index is -0.827. The molecule has 2 amide bonds. The van der Waals surface area contributed by atoms with Crippen LogP contribution in [0.2, 0.25) is 0 Å². The number of carbonyl (C=O) groups excluding carboxylic acids is 2. The normalized spacial score (nSPS) is 14.4. The van der Waals surface area contributed by atoms with Gasteiger partial charge < -0.3 is 39.3 Å². The summed E-state index contributed by atoms with van der Waals surface area (Å²) in [6.07, 6.45) is 1.48. The predicted octanol–water partition coefficient (Wildman–Crippen LogP) is 5.02. The highest BCUT2D eigenvalue weighted by atomic mass is 32.2. The second-order valence-corrected chi connectivity index (χ2v) is 9.88. The quantitative estimate of drug-likeness (QED) is 0.278. The van der Waals surface area contributed by atoms with E-state index in [-0.39, 0.29) is 22.8 Å². The molecule has 0 saturated heterocycles. The zero-order valence-corrected chi connectivity index (χ0v) is 24.5. The smallest absolute Gasteiger partial charge is 0.254 e. The minimum absolute atomic E-state index is 0.0332. The van der Waals surface area contributed by atoms with E-state index in [1.54, 1.807) is 55.5 Å². The first-order chi connectivity index (χ1) is 20.3. The van der Waals surface area contributed by atoms with Crippen molar-refractivity contribution in [3.8, 4) is 29.1 Å². The van der Waals surface area contributed by atoms with Gasteiger partial charge in [-0.05, 0) is 43.3 Å². The molecule has 1 aromatic heterocycles. The highest BCUT2D eigenvalue weighted by molar-refractivity contribution is 8.03. The van der Waals surface area contributed by atoms with Gasteiger partial charge in [-0.15, -0.1) is 0 Å². The zero-order valence-electron chi connectivity index (χ0n) is 23.7. The molecular weight excluding hydrogens is 560 g/mol. The number of nitrogens with one attached hydrogen (secondary N) is 3. The zero-order chi connectivity index (χ0) is 30.2. The molecule has 11 nitrogen and oxygen atoms in total. The summed E-state index contributed by atoms with van der Waals surface area (Å²) in [6, 6.07) is 15.7. The van der Waals surface area contributed by atoms with Crippen molar-refractivity contribution in [1.82, 2.24) is 5.32 Å². The summed E-state index contributed by atoms with van der Waals surface area (Å²) in [5.41, 5.74) is 1.85. The largest absolute Gasteiger partial charge is 0.497 e. The van der Waals surface area contributed by atoms with Crippen molar-refractivity contribution in [2.45, 2.75) is 12.8 Å². The van der Waals surface area contributed by atoms with Crippen LogP contribution in [0.1, 0.15) is 18.6 Å². The van der Waals surface area contributed by atoms with E-state index in [1.807, 2.05) is 0 Å². The lowest BCUT2D eigenvalue weighted by molar-refractivity contribution is -0.114. The van der Waals surface area contributed by atoms with Crippen molar-refractivity contribution in [1.29, 1.82) is 5.26 Å².